The fourth-order valence-electron chi connectivity index (χ4n) is 5.78. The van der Waals surface area contributed by atoms with E-state index < -0.39 is 0 Å². The molecule has 0 bridgehead atoms. The van der Waals surface area contributed by atoms with Crippen molar-refractivity contribution in [3.8, 4) is 16.9 Å². The van der Waals surface area contributed by atoms with Crippen molar-refractivity contribution in [1.82, 2.24) is 14.8 Å². The van der Waals surface area contributed by atoms with Gasteiger partial charge in [0.1, 0.15) is 24.5 Å². The second-order valence-corrected chi connectivity index (χ2v) is 13.1. The number of unbranched alkanes of at least 4 members (excludes halogenated alkanes) is 1. The van der Waals surface area contributed by atoms with Crippen LogP contribution >= 0.6 is 11.8 Å². The molecular formula is C39H49N5O3S. The summed E-state index contributed by atoms with van der Waals surface area (Å²) in [5.41, 5.74) is 6.04. The number of nitrogens with zero attached hydrogens (tertiary/aromatic N) is 4. The largest absolute Gasteiger partial charge is 0.491 e. The molecule has 1 amide bonds. The average Bonchev–Trinajstić information content (AvgIpc) is 3.55. The van der Waals surface area contributed by atoms with Crippen LogP contribution in [0.2, 0.25) is 0 Å². The number of amides is 1. The number of aryl methyl sites for hydroxylation is 1. The number of aromatic nitrogens is 3. The van der Waals surface area contributed by atoms with Gasteiger partial charge in [-0.2, -0.15) is 0 Å². The number of carbonyl (C=O) groups excluding carboxylic acids is 1. The average molecular weight is 668 g/mol. The Hall–Kier alpha value is -4.08. The van der Waals surface area contributed by atoms with E-state index in [1.165, 1.54) is 5.69 Å². The number of hydrogen-bond donors (Lipinski definition) is 1. The van der Waals surface area contributed by atoms with Gasteiger partial charge in [-0.1, -0.05) is 45.4 Å². The molecule has 0 radical (unpaired) electrons. The van der Waals surface area contributed by atoms with E-state index in [1.807, 2.05) is 24.3 Å². The van der Waals surface area contributed by atoms with Gasteiger partial charge in [0.15, 0.2) is 0 Å². The molecule has 0 unspecified atom stereocenters. The highest BCUT2D eigenvalue weighted by atomic mass is 32.2. The summed E-state index contributed by atoms with van der Waals surface area (Å²) >= 11 is 1.72. The molecule has 1 aliphatic heterocycles. The highest BCUT2D eigenvalue weighted by molar-refractivity contribution is 7.98. The summed E-state index contributed by atoms with van der Waals surface area (Å²) < 4.78 is 13.6. The predicted octanol–water partition coefficient (Wildman–Crippen LogP) is 8.88. The number of anilines is 2. The zero-order chi connectivity index (χ0) is 33.6. The minimum absolute atomic E-state index is 0.0523. The predicted molar refractivity (Wildman–Crippen MR) is 198 cm³/mol. The molecule has 0 spiro atoms. The minimum atomic E-state index is -0.0523. The Balaban J connectivity index is 1.27. The molecule has 48 heavy (non-hydrogen) atoms. The number of benzene rings is 3. The second kappa shape index (κ2) is 18.5. The van der Waals surface area contributed by atoms with Crippen LogP contribution in [0, 0.1) is 0 Å². The van der Waals surface area contributed by atoms with E-state index in [2.05, 4.69) is 94.3 Å². The summed E-state index contributed by atoms with van der Waals surface area (Å²) in [6.07, 6.45) is 9.84. The van der Waals surface area contributed by atoms with Crippen LogP contribution in [0.15, 0.2) is 83.5 Å². The molecule has 0 fully saturated rings. The molecule has 8 nitrogen and oxygen atoms in total. The number of rotatable bonds is 17. The van der Waals surface area contributed by atoms with E-state index in [-0.39, 0.29) is 5.91 Å². The molecule has 254 valence electrons. The standard InChI is InChI=1S/C39H49N5O3S/c1-4-7-23-46-24-25-47-35-15-10-30(11-16-35)31-12-19-37-33(26-31)27-32(9-8-22-43(37)20-5-2)39(45)41-34-13-17-36(18-14-34)48-28-38-42-40-29-44(38)21-6-3/h10-19,26-27,29H,4-9,20-25,28H2,1-3H3,(H,41,45). The third-order valence-corrected chi connectivity index (χ3v) is 9.33. The first-order chi connectivity index (χ1) is 23.6. The lowest BCUT2D eigenvalue weighted by atomic mass is 9.96. The van der Waals surface area contributed by atoms with Gasteiger partial charge in [0.05, 0.1) is 12.4 Å². The Kier molecular flexibility index (Phi) is 13.5. The van der Waals surface area contributed by atoms with Crippen LogP contribution in [0.1, 0.15) is 70.7 Å². The van der Waals surface area contributed by atoms with Crippen molar-refractivity contribution >= 4 is 35.1 Å². The van der Waals surface area contributed by atoms with Crippen molar-refractivity contribution < 1.29 is 14.3 Å². The molecule has 4 aromatic rings. The van der Waals surface area contributed by atoms with E-state index in [1.54, 1.807) is 18.1 Å². The fraction of sp³-hybridized carbons (Fsp3) is 0.410. The quantitative estimate of drug-likeness (QED) is 0.0890. The van der Waals surface area contributed by atoms with E-state index in [4.69, 9.17) is 9.47 Å². The highest BCUT2D eigenvalue weighted by Crippen LogP contribution is 2.33. The normalized spacial score (nSPS) is 13.0. The van der Waals surface area contributed by atoms with Gasteiger partial charge in [0, 0.05) is 48.1 Å². The molecule has 0 saturated heterocycles. The van der Waals surface area contributed by atoms with Crippen LogP contribution in [0.4, 0.5) is 11.4 Å². The lowest BCUT2D eigenvalue weighted by Crippen LogP contribution is -2.28. The molecule has 1 N–H and O–H groups in total. The fourth-order valence-corrected chi connectivity index (χ4v) is 6.63. The van der Waals surface area contributed by atoms with Gasteiger partial charge in [-0.15, -0.1) is 22.0 Å². The van der Waals surface area contributed by atoms with Gasteiger partial charge in [0.25, 0.3) is 5.91 Å². The van der Waals surface area contributed by atoms with Crippen molar-refractivity contribution in [2.75, 3.05) is 43.1 Å². The van der Waals surface area contributed by atoms with Crippen molar-refractivity contribution in [3.05, 3.63) is 90.0 Å². The Labute approximate surface area is 289 Å². The van der Waals surface area contributed by atoms with Crippen LogP contribution < -0.4 is 15.0 Å². The van der Waals surface area contributed by atoms with Gasteiger partial charge in [-0.3, -0.25) is 4.79 Å². The molecule has 0 aliphatic carbocycles. The van der Waals surface area contributed by atoms with Crippen molar-refractivity contribution in [1.29, 1.82) is 0 Å². The summed E-state index contributed by atoms with van der Waals surface area (Å²) in [6.45, 7) is 11.3. The molecule has 0 atom stereocenters. The molecule has 2 heterocycles. The van der Waals surface area contributed by atoms with Crippen LogP contribution in [0.3, 0.4) is 0 Å². The smallest absolute Gasteiger partial charge is 0.251 e. The Bertz CT molecular complexity index is 1620. The minimum Gasteiger partial charge on any atom is -0.491 e. The van der Waals surface area contributed by atoms with Gasteiger partial charge in [-0.25, -0.2) is 0 Å². The van der Waals surface area contributed by atoms with Crippen LogP contribution in [-0.4, -0.2) is 53.6 Å². The Morgan fingerprint density at radius 2 is 1.69 bits per heavy atom. The topological polar surface area (TPSA) is 81.5 Å². The Morgan fingerprint density at radius 1 is 0.896 bits per heavy atom. The molecular weight excluding hydrogens is 619 g/mol. The maximum absolute atomic E-state index is 13.6. The number of fused-ring (bicyclic) bond motifs is 1. The monoisotopic (exact) mass is 667 g/mol. The zero-order valence-electron chi connectivity index (χ0n) is 28.6. The number of ether oxygens (including phenoxy) is 2. The zero-order valence-corrected chi connectivity index (χ0v) is 29.4. The first-order valence-corrected chi connectivity index (χ1v) is 18.4. The lowest BCUT2D eigenvalue weighted by Gasteiger charge is -2.29. The van der Waals surface area contributed by atoms with E-state index in [0.29, 0.717) is 13.2 Å². The Morgan fingerprint density at radius 3 is 2.46 bits per heavy atom. The van der Waals surface area contributed by atoms with Crippen molar-refractivity contribution in [2.45, 2.75) is 76.5 Å². The van der Waals surface area contributed by atoms with Crippen molar-refractivity contribution in [3.63, 3.8) is 0 Å². The third kappa shape index (κ3) is 9.97. The summed E-state index contributed by atoms with van der Waals surface area (Å²) in [5.74, 6) is 2.51. The number of nitrogens with one attached hydrogen (secondary N) is 1. The highest BCUT2D eigenvalue weighted by Gasteiger charge is 2.19. The second-order valence-electron chi connectivity index (χ2n) is 12.1. The number of carbonyl (C=O) groups is 1. The van der Waals surface area contributed by atoms with Crippen LogP contribution in [0.5, 0.6) is 5.75 Å². The summed E-state index contributed by atoms with van der Waals surface area (Å²) in [4.78, 5) is 17.2. The van der Waals surface area contributed by atoms with E-state index in [0.717, 1.165) is 115 Å². The van der Waals surface area contributed by atoms with E-state index >= 15 is 0 Å². The molecule has 9 heteroatoms. The molecule has 1 aliphatic rings. The van der Waals surface area contributed by atoms with E-state index in [9.17, 15) is 4.79 Å². The lowest BCUT2D eigenvalue weighted by molar-refractivity contribution is -0.112. The maximum atomic E-state index is 13.6. The van der Waals surface area contributed by atoms with Gasteiger partial charge in [-0.05, 0) is 103 Å². The summed E-state index contributed by atoms with van der Waals surface area (Å²) in [5, 5.41) is 11.5. The van der Waals surface area contributed by atoms with Gasteiger partial charge < -0.3 is 24.3 Å². The first-order valence-electron chi connectivity index (χ1n) is 17.4. The summed E-state index contributed by atoms with van der Waals surface area (Å²) in [6, 6.07) is 22.9. The third-order valence-electron chi connectivity index (χ3n) is 8.32. The molecule has 0 saturated carbocycles. The molecule has 3 aromatic carbocycles. The molecule has 5 rings (SSSR count). The van der Waals surface area contributed by atoms with Crippen LogP contribution in [0.25, 0.3) is 17.2 Å². The SMILES string of the molecule is CCCCOCCOc1ccc(-c2ccc3c(c2)C=C(C(=O)Nc2ccc(SCc4nncn4CCC)cc2)CCCN3CCC)cc1. The summed E-state index contributed by atoms with van der Waals surface area (Å²) in [7, 11) is 0. The van der Waals surface area contributed by atoms with Crippen LogP contribution in [-0.2, 0) is 21.8 Å². The first kappa shape index (κ1) is 35.2. The van der Waals surface area contributed by atoms with Gasteiger partial charge >= 0.3 is 0 Å². The van der Waals surface area contributed by atoms with Gasteiger partial charge in [0.2, 0.25) is 0 Å². The van der Waals surface area contributed by atoms with Crippen molar-refractivity contribution in [2.24, 2.45) is 0 Å². The number of hydrogen-bond acceptors (Lipinski definition) is 7. The maximum Gasteiger partial charge on any atom is 0.251 e. The number of thioether (sulfide) groups is 1. The molecule has 1 aromatic heterocycles.